The lowest BCUT2D eigenvalue weighted by Gasteiger charge is -2.41. The van der Waals surface area contributed by atoms with E-state index in [-0.39, 0.29) is 16.1 Å². The summed E-state index contributed by atoms with van der Waals surface area (Å²) in [4.78, 5) is 2.49. The minimum Gasteiger partial charge on any atom is -0.398 e. The molecule has 0 amide bonds. The molecule has 5 nitrogen and oxygen atoms in total. The van der Waals surface area contributed by atoms with E-state index < -0.39 is 10.0 Å². The Morgan fingerprint density at radius 2 is 1.71 bits per heavy atom. The van der Waals surface area contributed by atoms with Crippen LogP contribution in [0.4, 0.5) is 5.69 Å². The quantitative estimate of drug-likeness (QED) is 0.804. The van der Waals surface area contributed by atoms with Crippen LogP contribution in [-0.4, -0.2) is 49.3 Å². The van der Waals surface area contributed by atoms with E-state index in [2.05, 4.69) is 41.6 Å². The highest BCUT2D eigenvalue weighted by atomic mass is 79.9. The first-order valence-corrected chi connectivity index (χ1v) is 9.16. The molecule has 1 aromatic rings. The van der Waals surface area contributed by atoms with Gasteiger partial charge in [0.2, 0.25) is 10.0 Å². The molecule has 21 heavy (non-hydrogen) atoms. The van der Waals surface area contributed by atoms with Gasteiger partial charge in [-0.05, 0) is 39.0 Å². The van der Waals surface area contributed by atoms with Gasteiger partial charge in [-0.3, -0.25) is 4.90 Å². The van der Waals surface area contributed by atoms with Crippen LogP contribution in [0.15, 0.2) is 27.6 Å². The maximum absolute atomic E-state index is 12.7. The smallest absolute Gasteiger partial charge is 0.245 e. The van der Waals surface area contributed by atoms with Gasteiger partial charge < -0.3 is 5.73 Å². The number of sulfonamides is 1. The molecule has 1 aromatic carbocycles. The fourth-order valence-corrected chi connectivity index (χ4v) is 4.39. The van der Waals surface area contributed by atoms with Crippen molar-refractivity contribution < 1.29 is 8.42 Å². The fourth-order valence-electron chi connectivity index (χ4n) is 2.49. The standard InChI is InChI=1S/C14H22BrN3O2S/c1-14(2,3)17-6-8-18(9-7-17)21(19,20)13-5-4-11(15)10-12(13)16/h4-5,10H,6-9,16H2,1-3H3. The Labute approximate surface area is 135 Å². The minimum atomic E-state index is -3.52. The summed E-state index contributed by atoms with van der Waals surface area (Å²) in [6.45, 7) is 8.89. The normalized spacial score (nSPS) is 18.9. The molecule has 0 aromatic heterocycles. The Bertz CT molecular complexity index is 618. The minimum absolute atomic E-state index is 0.0620. The second-order valence-electron chi connectivity index (χ2n) is 6.24. The number of hydrogen-bond donors (Lipinski definition) is 1. The van der Waals surface area contributed by atoms with Crippen LogP contribution in [0.25, 0.3) is 0 Å². The molecule has 0 saturated carbocycles. The van der Waals surface area contributed by atoms with Crippen molar-refractivity contribution >= 4 is 31.6 Å². The molecule has 1 aliphatic heterocycles. The zero-order valence-electron chi connectivity index (χ0n) is 12.6. The van der Waals surface area contributed by atoms with Crippen LogP contribution in [-0.2, 0) is 10.0 Å². The highest BCUT2D eigenvalue weighted by Gasteiger charge is 2.32. The van der Waals surface area contributed by atoms with E-state index >= 15 is 0 Å². The van der Waals surface area contributed by atoms with Gasteiger partial charge >= 0.3 is 0 Å². The second-order valence-corrected chi connectivity index (χ2v) is 9.07. The van der Waals surface area contributed by atoms with Gasteiger partial charge in [0, 0.05) is 36.2 Å². The zero-order valence-corrected chi connectivity index (χ0v) is 15.0. The lowest BCUT2D eigenvalue weighted by Crippen LogP contribution is -2.54. The Morgan fingerprint density at radius 3 is 2.19 bits per heavy atom. The summed E-state index contributed by atoms with van der Waals surface area (Å²) < 4.78 is 27.7. The van der Waals surface area contributed by atoms with Crippen LogP contribution in [0.1, 0.15) is 20.8 Å². The van der Waals surface area contributed by atoms with Crippen molar-refractivity contribution in [2.45, 2.75) is 31.2 Å². The van der Waals surface area contributed by atoms with Crippen LogP contribution in [0.3, 0.4) is 0 Å². The third kappa shape index (κ3) is 3.59. The number of nitrogen functional groups attached to an aromatic ring is 1. The van der Waals surface area contributed by atoms with Crippen LogP contribution >= 0.6 is 15.9 Å². The molecule has 0 bridgehead atoms. The summed E-state index contributed by atoms with van der Waals surface area (Å²) in [6, 6.07) is 4.89. The summed E-state index contributed by atoms with van der Waals surface area (Å²) in [5.74, 6) is 0. The lowest BCUT2D eigenvalue weighted by molar-refractivity contribution is 0.0922. The van der Waals surface area contributed by atoms with Crippen molar-refractivity contribution in [1.82, 2.24) is 9.21 Å². The Kier molecular flexibility index (Phi) is 4.68. The van der Waals surface area contributed by atoms with E-state index in [1.165, 1.54) is 4.31 Å². The Morgan fingerprint density at radius 1 is 1.14 bits per heavy atom. The summed E-state index contributed by atoms with van der Waals surface area (Å²) in [5.41, 5.74) is 6.21. The Hall–Kier alpha value is -0.630. The number of anilines is 1. The van der Waals surface area contributed by atoms with E-state index in [0.717, 1.165) is 17.6 Å². The van der Waals surface area contributed by atoms with E-state index in [1.807, 2.05) is 0 Å². The fraction of sp³-hybridized carbons (Fsp3) is 0.571. The SMILES string of the molecule is CC(C)(C)N1CCN(S(=O)(=O)c2ccc(Br)cc2N)CC1. The predicted molar refractivity (Wildman–Crippen MR) is 88.6 cm³/mol. The molecule has 0 atom stereocenters. The number of nitrogens with zero attached hydrogens (tertiary/aromatic N) is 2. The number of piperazine rings is 1. The monoisotopic (exact) mass is 375 g/mol. The number of benzene rings is 1. The average Bonchev–Trinajstić information content (AvgIpc) is 2.37. The van der Waals surface area contributed by atoms with Crippen LogP contribution < -0.4 is 5.73 Å². The topological polar surface area (TPSA) is 66.6 Å². The zero-order chi connectivity index (χ0) is 15.8. The van der Waals surface area contributed by atoms with Gasteiger partial charge in [0.05, 0.1) is 5.69 Å². The largest absolute Gasteiger partial charge is 0.398 e. The van der Waals surface area contributed by atoms with E-state index in [0.29, 0.717) is 13.1 Å². The third-order valence-corrected chi connectivity index (χ3v) is 6.24. The molecule has 1 saturated heterocycles. The van der Waals surface area contributed by atoms with E-state index in [4.69, 9.17) is 5.73 Å². The number of nitrogens with two attached hydrogens (primary N) is 1. The van der Waals surface area contributed by atoms with Gasteiger partial charge in [-0.2, -0.15) is 4.31 Å². The number of hydrogen-bond acceptors (Lipinski definition) is 4. The molecule has 118 valence electrons. The molecule has 1 fully saturated rings. The van der Waals surface area contributed by atoms with Gasteiger partial charge in [-0.25, -0.2) is 8.42 Å². The van der Waals surface area contributed by atoms with Crippen molar-refractivity contribution in [1.29, 1.82) is 0 Å². The molecule has 0 radical (unpaired) electrons. The maximum Gasteiger partial charge on any atom is 0.245 e. The maximum atomic E-state index is 12.7. The van der Waals surface area contributed by atoms with E-state index in [1.54, 1.807) is 18.2 Å². The highest BCUT2D eigenvalue weighted by Crippen LogP contribution is 2.27. The van der Waals surface area contributed by atoms with Crippen LogP contribution in [0.2, 0.25) is 0 Å². The number of rotatable bonds is 2. The molecule has 1 aliphatic rings. The molecular weight excluding hydrogens is 354 g/mol. The summed E-state index contributed by atoms with van der Waals surface area (Å²) >= 11 is 3.29. The Balaban J connectivity index is 2.19. The van der Waals surface area contributed by atoms with Gasteiger partial charge in [0.15, 0.2) is 0 Å². The molecule has 2 N–H and O–H groups in total. The molecular formula is C14H22BrN3O2S. The van der Waals surface area contributed by atoms with Crippen LogP contribution in [0, 0.1) is 0 Å². The first-order chi connectivity index (χ1) is 9.62. The van der Waals surface area contributed by atoms with Crippen molar-refractivity contribution in [3.8, 4) is 0 Å². The summed E-state index contributed by atoms with van der Waals surface area (Å²) in [7, 11) is -3.52. The van der Waals surface area contributed by atoms with Crippen molar-refractivity contribution in [3.05, 3.63) is 22.7 Å². The van der Waals surface area contributed by atoms with Gasteiger partial charge in [0.25, 0.3) is 0 Å². The molecule has 2 rings (SSSR count). The first kappa shape index (κ1) is 16.7. The highest BCUT2D eigenvalue weighted by molar-refractivity contribution is 9.10. The van der Waals surface area contributed by atoms with Gasteiger partial charge in [-0.1, -0.05) is 15.9 Å². The summed E-state index contributed by atoms with van der Waals surface area (Å²) in [6.07, 6.45) is 0. The lowest BCUT2D eigenvalue weighted by atomic mass is 10.1. The van der Waals surface area contributed by atoms with Gasteiger partial charge in [0.1, 0.15) is 4.90 Å². The molecule has 7 heteroatoms. The van der Waals surface area contributed by atoms with Gasteiger partial charge in [-0.15, -0.1) is 0 Å². The summed E-state index contributed by atoms with van der Waals surface area (Å²) in [5, 5.41) is 0. The van der Waals surface area contributed by atoms with Crippen molar-refractivity contribution in [2.24, 2.45) is 0 Å². The predicted octanol–water partition coefficient (Wildman–Crippen LogP) is 2.14. The number of halogens is 1. The molecule has 0 unspecified atom stereocenters. The second kappa shape index (κ2) is 5.87. The van der Waals surface area contributed by atoms with Crippen molar-refractivity contribution in [3.63, 3.8) is 0 Å². The van der Waals surface area contributed by atoms with Crippen molar-refractivity contribution in [2.75, 3.05) is 31.9 Å². The third-order valence-electron chi connectivity index (χ3n) is 3.78. The molecule has 1 heterocycles. The molecule has 0 spiro atoms. The van der Waals surface area contributed by atoms with E-state index in [9.17, 15) is 8.42 Å². The average molecular weight is 376 g/mol. The molecule has 0 aliphatic carbocycles. The van der Waals surface area contributed by atoms with Crippen LogP contribution in [0.5, 0.6) is 0 Å². The first-order valence-electron chi connectivity index (χ1n) is 6.92.